The van der Waals surface area contributed by atoms with Crippen molar-refractivity contribution >= 4 is 11.8 Å². The van der Waals surface area contributed by atoms with Gasteiger partial charge in [-0.1, -0.05) is 6.92 Å². The fraction of sp³-hybridized carbons (Fsp3) is 0.733. The van der Waals surface area contributed by atoms with Gasteiger partial charge in [-0.3, -0.25) is 9.59 Å². The Morgan fingerprint density at radius 3 is 2.80 bits per heavy atom. The highest BCUT2D eigenvalue weighted by Gasteiger charge is 2.73. The maximum absolute atomic E-state index is 12.6. The Morgan fingerprint density at radius 1 is 1.35 bits per heavy atom. The zero-order chi connectivity index (χ0) is 14.3. The average Bonchev–Trinajstić information content (AvgIpc) is 2.70. The number of hydrogen-bond acceptors (Lipinski definition) is 5. The first-order valence-corrected chi connectivity index (χ1v) is 7.20. The van der Waals surface area contributed by atoms with Crippen LogP contribution in [0, 0.1) is 17.3 Å². The van der Waals surface area contributed by atoms with Crippen LogP contribution in [-0.2, 0) is 24.1 Å². The normalized spacial score (nSPS) is 53.2. The second kappa shape index (κ2) is 3.52. The number of ether oxygens (including phenoxy) is 1. The highest BCUT2D eigenvalue weighted by Crippen LogP contribution is 2.61. The van der Waals surface area contributed by atoms with Gasteiger partial charge in [0.1, 0.15) is 6.10 Å². The summed E-state index contributed by atoms with van der Waals surface area (Å²) in [5, 5.41) is 0. The molecule has 6 atom stereocenters. The van der Waals surface area contributed by atoms with Crippen LogP contribution in [0.2, 0.25) is 0 Å². The molecular weight excluding hydrogens is 260 g/mol. The van der Waals surface area contributed by atoms with Crippen LogP contribution in [0.25, 0.3) is 0 Å². The van der Waals surface area contributed by atoms with Crippen LogP contribution in [0.15, 0.2) is 11.6 Å². The van der Waals surface area contributed by atoms with Crippen molar-refractivity contribution in [1.29, 1.82) is 0 Å². The van der Waals surface area contributed by atoms with Gasteiger partial charge in [0.2, 0.25) is 0 Å². The first-order valence-electron chi connectivity index (χ1n) is 7.20. The van der Waals surface area contributed by atoms with Gasteiger partial charge in [-0.15, -0.1) is 0 Å². The molecule has 5 rings (SSSR count). The summed E-state index contributed by atoms with van der Waals surface area (Å²) >= 11 is 0. The Labute approximate surface area is 117 Å². The van der Waals surface area contributed by atoms with Crippen molar-refractivity contribution in [3.05, 3.63) is 11.6 Å². The van der Waals surface area contributed by atoms with Gasteiger partial charge in [-0.2, -0.15) is 0 Å². The molecule has 5 aliphatic rings. The van der Waals surface area contributed by atoms with Crippen LogP contribution in [0.3, 0.4) is 0 Å². The van der Waals surface area contributed by atoms with E-state index in [4.69, 9.17) is 14.5 Å². The van der Waals surface area contributed by atoms with Gasteiger partial charge in [0.05, 0.1) is 11.3 Å². The molecule has 0 radical (unpaired) electrons. The van der Waals surface area contributed by atoms with Gasteiger partial charge < -0.3 is 4.74 Å². The number of fused-ring (bicyclic) bond motifs is 2. The number of ketones is 1. The zero-order valence-electron chi connectivity index (χ0n) is 11.8. The van der Waals surface area contributed by atoms with Crippen molar-refractivity contribution in [3.8, 4) is 0 Å². The SMILES string of the molecule is CC1=C[C@@H]2OO[C@]13[C@H]1OC(=O)[C@H](C)[C@@H]1CC[C@@]3(C)C2=O. The van der Waals surface area contributed by atoms with Crippen molar-refractivity contribution in [2.75, 3.05) is 0 Å². The monoisotopic (exact) mass is 278 g/mol. The highest BCUT2D eigenvalue weighted by molar-refractivity contribution is 5.95. The fourth-order valence-electron chi connectivity index (χ4n) is 4.61. The van der Waals surface area contributed by atoms with Crippen LogP contribution in [-0.4, -0.2) is 29.6 Å². The smallest absolute Gasteiger partial charge is 0.309 e. The summed E-state index contributed by atoms with van der Waals surface area (Å²) in [7, 11) is 0. The quantitative estimate of drug-likeness (QED) is 0.382. The molecule has 0 N–H and O–H groups in total. The molecular formula is C15H18O5. The molecule has 3 heterocycles. The minimum absolute atomic E-state index is 0.0448. The van der Waals surface area contributed by atoms with Gasteiger partial charge in [-0.25, -0.2) is 9.78 Å². The summed E-state index contributed by atoms with van der Waals surface area (Å²) in [6, 6.07) is 0. The largest absolute Gasteiger partial charge is 0.458 e. The van der Waals surface area contributed by atoms with E-state index in [1.54, 1.807) is 0 Å². The summed E-state index contributed by atoms with van der Waals surface area (Å²) < 4.78 is 5.61. The zero-order valence-corrected chi connectivity index (χ0v) is 11.8. The van der Waals surface area contributed by atoms with Crippen LogP contribution in [0.5, 0.6) is 0 Å². The van der Waals surface area contributed by atoms with E-state index in [0.717, 1.165) is 12.0 Å². The number of rotatable bonds is 0. The highest BCUT2D eigenvalue weighted by atomic mass is 17.2. The van der Waals surface area contributed by atoms with Gasteiger partial charge in [0, 0.05) is 5.92 Å². The standard InChI is InChI=1S/C15H18O5/c1-7-6-10-11(16)14(3)5-4-9-8(2)13(17)18-12(9)15(7,14)20-19-10/h6,8-10,12H,4-5H2,1-3H3/t8-,9+,10+,12+,14+,15+/m1/s1. The third kappa shape index (κ3) is 1.10. The second-order valence-corrected chi connectivity index (χ2v) is 6.73. The Morgan fingerprint density at radius 2 is 2.10 bits per heavy atom. The molecule has 3 fully saturated rings. The molecule has 0 unspecified atom stereocenters. The molecule has 0 aromatic rings. The van der Waals surface area contributed by atoms with E-state index in [9.17, 15) is 9.59 Å². The average molecular weight is 278 g/mol. The van der Waals surface area contributed by atoms with E-state index < -0.39 is 23.2 Å². The Hall–Kier alpha value is -1.20. The molecule has 2 bridgehead atoms. The first kappa shape index (κ1) is 12.5. The number of esters is 1. The predicted octanol–water partition coefficient (Wildman–Crippen LogP) is 1.56. The third-order valence-electron chi connectivity index (χ3n) is 5.92. The summed E-state index contributed by atoms with van der Waals surface area (Å²) in [5.41, 5.74) is -0.657. The van der Waals surface area contributed by atoms with Crippen molar-refractivity contribution in [3.63, 3.8) is 0 Å². The van der Waals surface area contributed by atoms with Crippen molar-refractivity contribution in [2.24, 2.45) is 17.3 Å². The first-order chi connectivity index (χ1) is 9.42. The second-order valence-electron chi connectivity index (χ2n) is 6.73. The van der Waals surface area contributed by atoms with Crippen molar-refractivity contribution in [1.82, 2.24) is 0 Å². The Kier molecular flexibility index (Phi) is 2.20. The van der Waals surface area contributed by atoms with Gasteiger partial charge in [-0.05, 0) is 38.3 Å². The summed E-state index contributed by atoms with van der Waals surface area (Å²) in [6.45, 7) is 5.76. The molecule has 5 heteroatoms. The molecule has 3 aliphatic heterocycles. The topological polar surface area (TPSA) is 61.8 Å². The van der Waals surface area contributed by atoms with E-state index in [-0.39, 0.29) is 23.6 Å². The van der Waals surface area contributed by atoms with E-state index in [0.29, 0.717) is 6.42 Å². The lowest BCUT2D eigenvalue weighted by molar-refractivity contribution is -0.427. The number of carbonyl (C=O) groups is 2. The lowest BCUT2D eigenvalue weighted by atomic mass is 9.51. The maximum atomic E-state index is 12.6. The molecule has 0 amide bonds. The number of Topliss-reactive ketones (excluding diaryl/α,β-unsaturated/α-hetero) is 1. The lowest BCUT2D eigenvalue weighted by Crippen LogP contribution is -2.72. The molecule has 2 saturated heterocycles. The van der Waals surface area contributed by atoms with Crippen LogP contribution >= 0.6 is 0 Å². The molecule has 108 valence electrons. The minimum Gasteiger partial charge on any atom is -0.458 e. The molecule has 1 spiro atoms. The summed E-state index contributed by atoms with van der Waals surface area (Å²) in [6.07, 6.45) is 2.29. The molecule has 2 aliphatic carbocycles. The Bertz CT molecular complexity index is 552. The van der Waals surface area contributed by atoms with E-state index in [2.05, 4.69) is 0 Å². The predicted molar refractivity (Wildman–Crippen MR) is 67.3 cm³/mol. The minimum atomic E-state index is -0.942. The van der Waals surface area contributed by atoms with Gasteiger partial charge in [0.25, 0.3) is 0 Å². The van der Waals surface area contributed by atoms with Gasteiger partial charge >= 0.3 is 5.97 Å². The van der Waals surface area contributed by atoms with Crippen molar-refractivity contribution < 1.29 is 24.1 Å². The molecule has 0 aromatic heterocycles. The fourth-order valence-corrected chi connectivity index (χ4v) is 4.61. The third-order valence-corrected chi connectivity index (χ3v) is 5.92. The van der Waals surface area contributed by atoms with Crippen LogP contribution in [0.1, 0.15) is 33.6 Å². The molecule has 20 heavy (non-hydrogen) atoms. The van der Waals surface area contributed by atoms with Crippen molar-refractivity contribution in [2.45, 2.75) is 51.4 Å². The van der Waals surface area contributed by atoms with E-state index >= 15 is 0 Å². The van der Waals surface area contributed by atoms with Crippen LogP contribution < -0.4 is 0 Å². The summed E-state index contributed by atoms with van der Waals surface area (Å²) in [5.74, 6) is -0.214. The maximum Gasteiger partial charge on any atom is 0.309 e. The van der Waals surface area contributed by atoms with E-state index in [1.165, 1.54) is 0 Å². The summed E-state index contributed by atoms with van der Waals surface area (Å²) in [4.78, 5) is 35.5. The van der Waals surface area contributed by atoms with Gasteiger partial charge in [0.15, 0.2) is 17.5 Å². The van der Waals surface area contributed by atoms with Crippen LogP contribution in [0.4, 0.5) is 0 Å². The lowest BCUT2D eigenvalue weighted by Gasteiger charge is -2.59. The van der Waals surface area contributed by atoms with E-state index in [1.807, 2.05) is 26.8 Å². The Balaban J connectivity index is 1.91. The number of carbonyl (C=O) groups excluding carboxylic acids is 2. The number of hydrogen-bond donors (Lipinski definition) is 0. The molecule has 5 nitrogen and oxygen atoms in total. The molecule has 0 aromatic carbocycles. The molecule has 1 saturated carbocycles.